The molecule has 3 rings (SSSR count). The number of halogens is 1. The summed E-state index contributed by atoms with van der Waals surface area (Å²) in [4.78, 5) is 33.1. The number of carbonyl (C=O) groups excluding carboxylic acids is 1. The van der Waals surface area contributed by atoms with Gasteiger partial charge in [-0.05, 0) is 30.5 Å². The molecule has 3 heterocycles. The summed E-state index contributed by atoms with van der Waals surface area (Å²) in [6, 6.07) is 5.08. The van der Waals surface area contributed by atoms with Crippen molar-refractivity contribution in [1.29, 1.82) is 0 Å². The summed E-state index contributed by atoms with van der Waals surface area (Å²) in [5, 5.41) is 5.09. The number of hydrogen-bond acceptors (Lipinski definition) is 6. The second-order valence-corrected chi connectivity index (χ2v) is 7.67. The van der Waals surface area contributed by atoms with E-state index in [2.05, 4.69) is 15.3 Å². The lowest BCUT2D eigenvalue weighted by atomic mass is 10.4. The molecule has 0 bridgehead atoms. The van der Waals surface area contributed by atoms with Crippen LogP contribution in [-0.4, -0.2) is 25.7 Å². The van der Waals surface area contributed by atoms with Gasteiger partial charge in [-0.1, -0.05) is 23.4 Å². The number of carbonyl (C=O) groups is 1. The van der Waals surface area contributed by atoms with Gasteiger partial charge in [-0.15, -0.1) is 11.3 Å². The molecule has 3 aromatic heterocycles. The van der Waals surface area contributed by atoms with Crippen molar-refractivity contribution in [1.82, 2.24) is 14.5 Å². The third kappa shape index (κ3) is 3.45. The molecule has 0 aromatic carbocycles. The zero-order valence-corrected chi connectivity index (χ0v) is 15.2. The van der Waals surface area contributed by atoms with Crippen LogP contribution in [0, 0.1) is 0 Å². The number of anilines is 1. The first-order chi connectivity index (χ1) is 11.5. The zero-order chi connectivity index (χ0) is 17.3. The van der Waals surface area contributed by atoms with Crippen LogP contribution in [0.5, 0.6) is 0 Å². The quantitative estimate of drug-likeness (QED) is 0.555. The normalized spacial score (nSPS) is 12.3. The van der Waals surface area contributed by atoms with Crippen LogP contribution in [0.3, 0.4) is 0 Å². The minimum Gasteiger partial charge on any atom is -0.310 e. The van der Waals surface area contributed by atoms with Gasteiger partial charge in [-0.2, -0.15) is 0 Å². The largest absolute Gasteiger partial charge is 0.310 e. The van der Waals surface area contributed by atoms with Gasteiger partial charge in [0.05, 0.1) is 15.8 Å². The van der Waals surface area contributed by atoms with Crippen LogP contribution in [0.15, 0.2) is 39.7 Å². The van der Waals surface area contributed by atoms with Crippen LogP contribution in [0.1, 0.15) is 6.92 Å². The average Bonchev–Trinajstić information content (AvgIpc) is 3.03. The van der Waals surface area contributed by atoms with Gasteiger partial charge in [-0.3, -0.25) is 14.2 Å². The molecule has 1 atom stereocenters. The van der Waals surface area contributed by atoms with Crippen molar-refractivity contribution in [2.75, 3.05) is 5.32 Å². The minimum absolute atomic E-state index is 0.107. The van der Waals surface area contributed by atoms with E-state index in [1.165, 1.54) is 33.9 Å². The van der Waals surface area contributed by atoms with Crippen molar-refractivity contribution < 1.29 is 4.79 Å². The zero-order valence-electron chi connectivity index (χ0n) is 12.8. The molecule has 24 heavy (non-hydrogen) atoms. The Bertz CT molecular complexity index is 952. The molecule has 0 fully saturated rings. The molecular weight excluding hydrogens is 368 g/mol. The summed E-state index contributed by atoms with van der Waals surface area (Å²) in [6.07, 6.45) is 1.46. The maximum absolute atomic E-state index is 12.3. The molecule has 9 heteroatoms. The highest BCUT2D eigenvalue weighted by molar-refractivity contribution is 8.00. The Morgan fingerprint density at radius 1 is 1.42 bits per heavy atom. The summed E-state index contributed by atoms with van der Waals surface area (Å²) in [5.74, 6) is 0.196. The fraction of sp³-hybridized carbons (Fsp3) is 0.200. The van der Waals surface area contributed by atoms with Crippen molar-refractivity contribution in [2.45, 2.75) is 17.3 Å². The first kappa shape index (κ1) is 16.9. The molecular formula is C15H13ClN4O2S2. The van der Waals surface area contributed by atoms with Crippen molar-refractivity contribution in [3.05, 3.63) is 45.2 Å². The molecule has 0 spiro atoms. The van der Waals surface area contributed by atoms with Gasteiger partial charge in [0, 0.05) is 13.2 Å². The fourth-order valence-electron chi connectivity index (χ4n) is 1.96. The molecule has 6 nitrogen and oxygen atoms in total. The smallest absolute Gasteiger partial charge is 0.271 e. The van der Waals surface area contributed by atoms with E-state index in [0.717, 1.165) is 0 Å². The Labute approximate surface area is 150 Å². The highest BCUT2D eigenvalue weighted by Gasteiger charge is 2.19. The lowest BCUT2D eigenvalue weighted by Crippen LogP contribution is -2.25. The Balaban J connectivity index is 1.77. The van der Waals surface area contributed by atoms with Crippen molar-refractivity contribution >= 4 is 56.6 Å². The lowest BCUT2D eigenvalue weighted by Gasteiger charge is -2.13. The Morgan fingerprint density at radius 3 is 2.92 bits per heavy atom. The van der Waals surface area contributed by atoms with Crippen LogP contribution >= 0.6 is 34.7 Å². The number of nitrogens with zero attached hydrogens (tertiary/aromatic N) is 3. The maximum atomic E-state index is 12.3. The molecule has 124 valence electrons. The van der Waals surface area contributed by atoms with Gasteiger partial charge in [0.25, 0.3) is 5.56 Å². The molecule has 0 radical (unpaired) electrons. The van der Waals surface area contributed by atoms with E-state index in [-0.39, 0.29) is 11.5 Å². The number of thioether (sulfide) groups is 1. The van der Waals surface area contributed by atoms with Gasteiger partial charge in [-0.25, -0.2) is 9.97 Å². The van der Waals surface area contributed by atoms with E-state index < -0.39 is 5.25 Å². The topological polar surface area (TPSA) is 76.9 Å². The summed E-state index contributed by atoms with van der Waals surface area (Å²) in [6.45, 7) is 1.75. The summed E-state index contributed by atoms with van der Waals surface area (Å²) in [5.41, 5.74) is 0.544. The second-order valence-electron chi connectivity index (χ2n) is 5.00. The van der Waals surface area contributed by atoms with Crippen molar-refractivity contribution in [2.24, 2.45) is 7.05 Å². The number of rotatable bonds is 4. The standard InChI is InChI=1S/C15H13ClN4O2S2/c1-8(13(21)19-11-4-3-9(16)7-17-11)24-15-18-10-5-6-23-12(10)14(22)20(15)2/h3-8H,1-2H3,(H,17,19,21). The predicted molar refractivity (Wildman–Crippen MR) is 98.1 cm³/mol. The first-order valence-electron chi connectivity index (χ1n) is 6.99. The minimum atomic E-state index is -0.448. The molecule has 1 amide bonds. The van der Waals surface area contributed by atoms with Crippen LogP contribution in [0.2, 0.25) is 5.02 Å². The number of aromatic nitrogens is 3. The maximum Gasteiger partial charge on any atom is 0.271 e. The molecule has 0 aliphatic carbocycles. The molecule has 1 unspecified atom stereocenters. The Kier molecular flexibility index (Phi) is 4.88. The summed E-state index contributed by atoms with van der Waals surface area (Å²) >= 11 is 8.35. The Hall–Kier alpha value is -1.90. The van der Waals surface area contributed by atoms with E-state index in [0.29, 0.717) is 26.2 Å². The van der Waals surface area contributed by atoms with Crippen LogP contribution in [0.4, 0.5) is 5.82 Å². The van der Waals surface area contributed by atoms with E-state index in [1.54, 1.807) is 32.2 Å². The van der Waals surface area contributed by atoms with Crippen LogP contribution in [0.25, 0.3) is 10.2 Å². The highest BCUT2D eigenvalue weighted by Crippen LogP contribution is 2.24. The fourth-order valence-corrected chi connectivity index (χ4v) is 3.75. The van der Waals surface area contributed by atoms with E-state index in [4.69, 9.17) is 11.6 Å². The number of hydrogen-bond donors (Lipinski definition) is 1. The van der Waals surface area contributed by atoms with Crippen molar-refractivity contribution in [3.63, 3.8) is 0 Å². The average molecular weight is 381 g/mol. The third-order valence-electron chi connectivity index (χ3n) is 3.28. The molecule has 0 aliphatic heterocycles. The number of amides is 1. The number of thiophene rings is 1. The number of nitrogens with one attached hydrogen (secondary N) is 1. The summed E-state index contributed by atoms with van der Waals surface area (Å²) in [7, 11) is 1.65. The molecule has 0 saturated carbocycles. The molecule has 0 saturated heterocycles. The van der Waals surface area contributed by atoms with E-state index >= 15 is 0 Å². The third-order valence-corrected chi connectivity index (χ3v) is 5.54. The molecule has 3 aromatic rings. The van der Waals surface area contributed by atoms with E-state index in [1.807, 2.05) is 5.38 Å². The SMILES string of the molecule is CC(Sc1nc2ccsc2c(=O)n1C)C(=O)Nc1ccc(Cl)cn1. The second kappa shape index (κ2) is 6.92. The van der Waals surface area contributed by atoms with Crippen molar-refractivity contribution in [3.8, 4) is 0 Å². The monoisotopic (exact) mass is 380 g/mol. The van der Waals surface area contributed by atoms with Gasteiger partial charge in [0.1, 0.15) is 10.5 Å². The van der Waals surface area contributed by atoms with Gasteiger partial charge < -0.3 is 5.32 Å². The van der Waals surface area contributed by atoms with E-state index in [9.17, 15) is 9.59 Å². The summed E-state index contributed by atoms with van der Waals surface area (Å²) < 4.78 is 2.08. The highest BCUT2D eigenvalue weighted by atomic mass is 35.5. The molecule has 1 N–H and O–H groups in total. The van der Waals surface area contributed by atoms with Crippen LogP contribution in [-0.2, 0) is 11.8 Å². The number of pyridine rings is 1. The first-order valence-corrected chi connectivity index (χ1v) is 9.12. The van der Waals surface area contributed by atoms with Gasteiger partial charge in [0.15, 0.2) is 5.16 Å². The van der Waals surface area contributed by atoms with Gasteiger partial charge in [0.2, 0.25) is 5.91 Å². The van der Waals surface area contributed by atoms with Gasteiger partial charge >= 0.3 is 0 Å². The molecule has 0 aliphatic rings. The lowest BCUT2D eigenvalue weighted by molar-refractivity contribution is -0.115. The Morgan fingerprint density at radius 2 is 2.21 bits per heavy atom. The number of fused-ring (bicyclic) bond motifs is 1. The van der Waals surface area contributed by atoms with Crippen LogP contribution < -0.4 is 10.9 Å². The predicted octanol–water partition coefficient (Wildman–Crippen LogP) is 3.16.